The molecule has 0 spiro atoms. The van der Waals surface area contributed by atoms with Gasteiger partial charge in [-0.2, -0.15) is 9.61 Å². The zero-order chi connectivity index (χ0) is 16.2. The van der Waals surface area contributed by atoms with Crippen LogP contribution in [0.5, 0.6) is 0 Å². The minimum atomic E-state index is -0.0664. The van der Waals surface area contributed by atoms with Crippen LogP contribution in [0.4, 0.5) is 5.69 Å². The predicted octanol–water partition coefficient (Wildman–Crippen LogP) is 2.08. The Labute approximate surface area is 135 Å². The standard InChI is InChI=1S/C16H23N5O2/c1-3-13-8-14(15-19-18-10-21(15)20-13)17-9-11-4-6-12(7-5-11)16(22)23-2/h8,10-12,17H,3-7,9H2,1-2H3. The van der Waals surface area contributed by atoms with Crippen LogP contribution in [0, 0.1) is 11.8 Å². The molecule has 0 radical (unpaired) electrons. The number of nitrogens with zero attached hydrogens (tertiary/aromatic N) is 4. The second-order valence-corrected chi connectivity index (χ2v) is 6.12. The maximum Gasteiger partial charge on any atom is 0.308 e. The van der Waals surface area contributed by atoms with Crippen LogP contribution in [0.2, 0.25) is 0 Å². The van der Waals surface area contributed by atoms with Crippen molar-refractivity contribution in [1.82, 2.24) is 19.8 Å². The molecule has 2 aromatic heterocycles. The fourth-order valence-corrected chi connectivity index (χ4v) is 3.20. The molecule has 1 fully saturated rings. The van der Waals surface area contributed by atoms with Crippen LogP contribution >= 0.6 is 0 Å². The average Bonchev–Trinajstić information content (AvgIpc) is 3.07. The summed E-state index contributed by atoms with van der Waals surface area (Å²) in [4.78, 5) is 11.6. The Morgan fingerprint density at radius 3 is 2.87 bits per heavy atom. The maximum absolute atomic E-state index is 11.6. The van der Waals surface area contributed by atoms with Crippen molar-refractivity contribution >= 4 is 17.3 Å². The first kappa shape index (κ1) is 15.7. The van der Waals surface area contributed by atoms with Gasteiger partial charge >= 0.3 is 5.97 Å². The number of rotatable bonds is 5. The lowest BCUT2D eigenvalue weighted by molar-refractivity contribution is -0.146. The molecule has 0 amide bonds. The van der Waals surface area contributed by atoms with E-state index in [4.69, 9.17) is 4.74 Å². The molecule has 0 saturated heterocycles. The van der Waals surface area contributed by atoms with Gasteiger partial charge in [-0.05, 0) is 44.1 Å². The van der Waals surface area contributed by atoms with Crippen LogP contribution in [-0.4, -0.2) is 39.4 Å². The van der Waals surface area contributed by atoms with Crippen molar-refractivity contribution in [2.45, 2.75) is 39.0 Å². The van der Waals surface area contributed by atoms with Crippen LogP contribution in [-0.2, 0) is 16.0 Å². The summed E-state index contributed by atoms with van der Waals surface area (Å²) in [5, 5.41) is 16.0. The van der Waals surface area contributed by atoms with E-state index in [-0.39, 0.29) is 11.9 Å². The first-order valence-electron chi connectivity index (χ1n) is 8.23. The topological polar surface area (TPSA) is 81.4 Å². The molecule has 0 aromatic carbocycles. The number of ether oxygens (including phenoxy) is 1. The second kappa shape index (κ2) is 6.93. The Hall–Kier alpha value is -2.18. The summed E-state index contributed by atoms with van der Waals surface area (Å²) in [6, 6.07) is 2.05. The van der Waals surface area contributed by atoms with Crippen molar-refractivity contribution in [2.24, 2.45) is 11.8 Å². The van der Waals surface area contributed by atoms with Gasteiger partial charge in [-0.15, -0.1) is 10.2 Å². The van der Waals surface area contributed by atoms with Crippen molar-refractivity contribution in [3.63, 3.8) is 0 Å². The van der Waals surface area contributed by atoms with Crippen LogP contribution in [0.25, 0.3) is 5.65 Å². The van der Waals surface area contributed by atoms with Crippen LogP contribution in [0.3, 0.4) is 0 Å². The van der Waals surface area contributed by atoms with Crippen molar-refractivity contribution in [3.05, 3.63) is 18.1 Å². The molecule has 124 valence electrons. The quantitative estimate of drug-likeness (QED) is 0.850. The maximum atomic E-state index is 11.6. The van der Waals surface area contributed by atoms with Crippen molar-refractivity contribution in [1.29, 1.82) is 0 Å². The molecular weight excluding hydrogens is 294 g/mol. The number of hydrogen-bond acceptors (Lipinski definition) is 6. The molecule has 1 aliphatic rings. The zero-order valence-electron chi connectivity index (χ0n) is 13.7. The van der Waals surface area contributed by atoms with Gasteiger partial charge in [0, 0.05) is 6.54 Å². The third-order valence-corrected chi connectivity index (χ3v) is 4.64. The van der Waals surface area contributed by atoms with Crippen LogP contribution in [0.15, 0.2) is 12.4 Å². The number of fused-ring (bicyclic) bond motifs is 1. The molecule has 7 nitrogen and oxygen atoms in total. The molecule has 0 unspecified atom stereocenters. The van der Waals surface area contributed by atoms with Crippen molar-refractivity contribution in [3.8, 4) is 0 Å². The molecular formula is C16H23N5O2. The molecule has 3 rings (SSSR count). The van der Waals surface area contributed by atoms with Gasteiger partial charge < -0.3 is 10.1 Å². The first-order valence-corrected chi connectivity index (χ1v) is 8.23. The number of anilines is 1. The van der Waals surface area contributed by atoms with E-state index in [1.165, 1.54) is 7.11 Å². The van der Waals surface area contributed by atoms with Crippen molar-refractivity contribution < 1.29 is 9.53 Å². The highest BCUT2D eigenvalue weighted by molar-refractivity contribution is 5.72. The van der Waals surface area contributed by atoms with Crippen LogP contribution < -0.4 is 5.32 Å². The Bertz CT molecular complexity index is 676. The van der Waals surface area contributed by atoms with Gasteiger partial charge in [0.1, 0.15) is 6.33 Å². The van der Waals surface area contributed by atoms with E-state index in [2.05, 4.69) is 27.5 Å². The van der Waals surface area contributed by atoms with E-state index < -0.39 is 0 Å². The van der Waals surface area contributed by atoms with E-state index in [0.29, 0.717) is 5.92 Å². The summed E-state index contributed by atoms with van der Waals surface area (Å²) in [5.41, 5.74) is 2.74. The number of hydrogen-bond donors (Lipinski definition) is 1. The summed E-state index contributed by atoms with van der Waals surface area (Å²) in [6.45, 7) is 2.96. The minimum Gasteiger partial charge on any atom is -0.469 e. The van der Waals surface area contributed by atoms with E-state index in [1.54, 1.807) is 10.8 Å². The normalized spacial score (nSPS) is 21.3. The molecule has 7 heteroatoms. The third kappa shape index (κ3) is 3.43. The summed E-state index contributed by atoms with van der Waals surface area (Å²) in [7, 11) is 1.47. The van der Waals surface area contributed by atoms with E-state index >= 15 is 0 Å². The number of nitrogens with one attached hydrogen (secondary N) is 1. The molecule has 1 saturated carbocycles. The molecule has 1 aliphatic carbocycles. The highest BCUT2D eigenvalue weighted by atomic mass is 16.5. The molecule has 23 heavy (non-hydrogen) atoms. The number of carbonyl (C=O) groups excluding carboxylic acids is 1. The molecule has 0 atom stereocenters. The third-order valence-electron chi connectivity index (χ3n) is 4.64. The fraction of sp³-hybridized carbons (Fsp3) is 0.625. The molecule has 0 bridgehead atoms. The van der Waals surface area contributed by atoms with Gasteiger partial charge in [-0.25, -0.2) is 0 Å². The molecule has 0 aliphatic heterocycles. The van der Waals surface area contributed by atoms with E-state index in [0.717, 1.165) is 55.7 Å². The Balaban J connectivity index is 1.61. The summed E-state index contributed by atoms with van der Waals surface area (Å²) >= 11 is 0. The second-order valence-electron chi connectivity index (χ2n) is 6.12. The van der Waals surface area contributed by atoms with Gasteiger partial charge in [0.2, 0.25) is 5.65 Å². The van der Waals surface area contributed by atoms with Gasteiger partial charge in [-0.3, -0.25) is 4.79 Å². The summed E-state index contributed by atoms with van der Waals surface area (Å²) in [5.74, 6) is 0.576. The Morgan fingerprint density at radius 2 is 2.17 bits per heavy atom. The van der Waals surface area contributed by atoms with Crippen LogP contribution in [0.1, 0.15) is 38.3 Å². The highest BCUT2D eigenvalue weighted by Crippen LogP contribution is 2.30. The Kier molecular flexibility index (Phi) is 4.73. The number of aromatic nitrogens is 4. The van der Waals surface area contributed by atoms with E-state index in [9.17, 15) is 4.79 Å². The molecule has 1 N–H and O–H groups in total. The van der Waals surface area contributed by atoms with Gasteiger partial charge in [-0.1, -0.05) is 6.92 Å². The number of carbonyl (C=O) groups is 1. The lowest BCUT2D eigenvalue weighted by Crippen LogP contribution is -2.26. The first-order chi connectivity index (χ1) is 11.2. The Morgan fingerprint density at radius 1 is 1.39 bits per heavy atom. The lowest BCUT2D eigenvalue weighted by Gasteiger charge is -2.27. The minimum absolute atomic E-state index is 0.0664. The average molecular weight is 317 g/mol. The van der Waals surface area contributed by atoms with Gasteiger partial charge in [0.15, 0.2) is 0 Å². The SMILES string of the molecule is CCc1cc(NCC2CCC(C(=O)OC)CC2)c2nncn2n1. The fourth-order valence-electron chi connectivity index (χ4n) is 3.20. The monoisotopic (exact) mass is 317 g/mol. The smallest absolute Gasteiger partial charge is 0.308 e. The summed E-state index contributed by atoms with van der Waals surface area (Å²) < 4.78 is 6.56. The predicted molar refractivity (Wildman–Crippen MR) is 86.1 cm³/mol. The molecule has 2 aromatic rings. The van der Waals surface area contributed by atoms with Gasteiger partial charge in [0.05, 0.1) is 24.4 Å². The highest BCUT2D eigenvalue weighted by Gasteiger charge is 2.26. The molecule has 2 heterocycles. The lowest BCUT2D eigenvalue weighted by atomic mass is 9.82. The number of esters is 1. The number of methoxy groups -OCH3 is 1. The van der Waals surface area contributed by atoms with Gasteiger partial charge in [0.25, 0.3) is 0 Å². The number of aryl methyl sites for hydroxylation is 1. The zero-order valence-corrected chi connectivity index (χ0v) is 13.7. The largest absolute Gasteiger partial charge is 0.469 e. The van der Waals surface area contributed by atoms with E-state index in [1.807, 2.05) is 6.07 Å². The summed E-state index contributed by atoms with van der Waals surface area (Å²) in [6.07, 6.45) is 6.41. The van der Waals surface area contributed by atoms with Crippen molar-refractivity contribution in [2.75, 3.05) is 19.0 Å².